The molecule has 0 saturated carbocycles. The van der Waals surface area contributed by atoms with E-state index in [0.29, 0.717) is 6.42 Å². The van der Waals surface area contributed by atoms with Crippen molar-refractivity contribution in [3.63, 3.8) is 0 Å². The lowest BCUT2D eigenvalue weighted by molar-refractivity contribution is -0.122. The molecule has 4 N–H and O–H groups in total. The summed E-state index contributed by atoms with van der Waals surface area (Å²) in [5.41, 5.74) is 4.93. The van der Waals surface area contributed by atoms with Crippen LogP contribution in [0.1, 0.15) is 96.8 Å². The Hall–Kier alpha value is -0.910. The van der Waals surface area contributed by atoms with Crippen molar-refractivity contribution in [2.75, 3.05) is 6.54 Å². The SMILES string of the molecule is CCCCCCCC/C=C\CCCCCCCC(=O)NNCC(O)O. The normalized spacial score (nSPS) is 11.5. The van der Waals surface area contributed by atoms with Crippen LogP contribution in [0, 0.1) is 0 Å². The summed E-state index contributed by atoms with van der Waals surface area (Å²) in [5.74, 6) is -0.0988. The number of aliphatic hydroxyl groups is 2. The van der Waals surface area contributed by atoms with Gasteiger partial charge < -0.3 is 10.2 Å². The molecule has 0 bridgehead atoms. The van der Waals surface area contributed by atoms with Crippen LogP contribution in [0.4, 0.5) is 0 Å². The molecular formula is C20H40N2O3. The van der Waals surface area contributed by atoms with Gasteiger partial charge in [-0.3, -0.25) is 10.2 Å². The zero-order chi connectivity index (χ0) is 18.6. The molecule has 0 unspecified atom stereocenters. The predicted octanol–water partition coefficient (Wildman–Crippen LogP) is 3.96. The fraction of sp³-hybridized carbons (Fsp3) is 0.850. The maximum Gasteiger partial charge on any atom is 0.234 e. The maximum atomic E-state index is 11.4. The molecule has 0 heterocycles. The number of carbonyl (C=O) groups excluding carboxylic acids is 1. The van der Waals surface area contributed by atoms with Gasteiger partial charge in [0.2, 0.25) is 5.91 Å². The molecule has 0 aromatic rings. The average molecular weight is 357 g/mol. The molecule has 0 rings (SSSR count). The topological polar surface area (TPSA) is 81.6 Å². The van der Waals surface area contributed by atoms with Crippen LogP contribution >= 0.6 is 0 Å². The zero-order valence-corrected chi connectivity index (χ0v) is 16.1. The largest absolute Gasteiger partial charge is 0.367 e. The van der Waals surface area contributed by atoms with Crippen LogP contribution in [0.15, 0.2) is 12.2 Å². The molecule has 0 atom stereocenters. The highest BCUT2D eigenvalue weighted by Crippen LogP contribution is 2.09. The first kappa shape index (κ1) is 24.1. The van der Waals surface area contributed by atoms with Crippen molar-refractivity contribution in [3.8, 4) is 0 Å². The van der Waals surface area contributed by atoms with E-state index in [-0.39, 0.29) is 12.5 Å². The second kappa shape index (κ2) is 19.4. The minimum Gasteiger partial charge on any atom is -0.367 e. The van der Waals surface area contributed by atoms with Gasteiger partial charge in [0, 0.05) is 6.42 Å². The Morgan fingerprint density at radius 2 is 1.36 bits per heavy atom. The van der Waals surface area contributed by atoms with Crippen LogP contribution in [0.25, 0.3) is 0 Å². The average Bonchev–Trinajstić information content (AvgIpc) is 2.58. The number of allylic oxidation sites excluding steroid dienone is 2. The first-order chi connectivity index (χ1) is 12.2. The summed E-state index contributed by atoms with van der Waals surface area (Å²) in [4.78, 5) is 11.4. The minimum atomic E-state index is -1.44. The number of hydrogen-bond acceptors (Lipinski definition) is 4. The number of nitrogens with one attached hydrogen (secondary N) is 2. The van der Waals surface area contributed by atoms with Crippen LogP contribution in [0.3, 0.4) is 0 Å². The van der Waals surface area contributed by atoms with E-state index in [1.54, 1.807) is 0 Å². The summed E-state index contributed by atoms with van der Waals surface area (Å²) in [6.07, 6.45) is 19.8. The number of aliphatic hydroxyl groups excluding tert-OH is 1. The molecule has 0 aromatic carbocycles. The van der Waals surface area contributed by atoms with Crippen LogP contribution in [-0.4, -0.2) is 29.0 Å². The molecule has 5 heteroatoms. The Labute approximate surface area is 154 Å². The molecule has 0 fully saturated rings. The number of rotatable bonds is 18. The molecular weight excluding hydrogens is 316 g/mol. The standard InChI is InChI=1S/C20H40N2O3/c1-2-3-4-5-6-7-8-9-10-11-12-13-14-15-16-17-19(23)22-21-18-20(24)25/h9-10,20-21,24-25H,2-8,11-18H2,1H3,(H,22,23)/b10-9-. The van der Waals surface area contributed by atoms with Gasteiger partial charge in [-0.05, 0) is 32.1 Å². The quantitative estimate of drug-likeness (QED) is 0.130. The Bertz CT molecular complexity index is 320. The van der Waals surface area contributed by atoms with Gasteiger partial charge in [0.25, 0.3) is 0 Å². The van der Waals surface area contributed by atoms with Crippen molar-refractivity contribution < 1.29 is 15.0 Å². The molecule has 25 heavy (non-hydrogen) atoms. The highest BCUT2D eigenvalue weighted by molar-refractivity contribution is 5.75. The molecule has 0 aromatic heterocycles. The highest BCUT2D eigenvalue weighted by Gasteiger charge is 2.01. The summed E-state index contributed by atoms with van der Waals surface area (Å²) < 4.78 is 0. The molecule has 148 valence electrons. The number of hydrogen-bond donors (Lipinski definition) is 4. The van der Waals surface area contributed by atoms with Gasteiger partial charge in [-0.25, -0.2) is 5.43 Å². The molecule has 1 amide bonds. The van der Waals surface area contributed by atoms with Gasteiger partial charge in [-0.1, -0.05) is 70.4 Å². The number of amides is 1. The van der Waals surface area contributed by atoms with E-state index < -0.39 is 6.29 Å². The Balaban J connectivity index is 3.20. The summed E-state index contributed by atoms with van der Waals surface area (Å²) in [5, 5.41) is 17.2. The summed E-state index contributed by atoms with van der Waals surface area (Å²) in [6, 6.07) is 0. The third-order valence-corrected chi connectivity index (χ3v) is 4.18. The third kappa shape index (κ3) is 21.0. The second-order valence-corrected chi connectivity index (χ2v) is 6.74. The lowest BCUT2D eigenvalue weighted by Gasteiger charge is -2.07. The highest BCUT2D eigenvalue weighted by atomic mass is 16.5. The fourth-order valence-corrected chi connectivity index (χ4v) is 2.66. The molecule has 0 aliphatic carbocycles. The van der Waals surface area contributed by atoms with Gasteiger partial charge >= 0.3 is 0 Å². The number of unbranched alkanes of at least 4 members (excludes halogenated alkanes) is 11. The van der Waals surface area contributed by atoms with E-state index in [1.165, 1.54) is 70.6 Å². The van der Waals surface area contributed by atoms with Crippen LogP contribution in [0.2, 0.25) is 0 Å². The van der Waals surface area contributed by atoms with Crippen LogP contribution < -0.4 is 10.9 Å². The van der Waals surface area contributed by atoms with Crippen LogP contribution in [0.5, 0.6) is 0 Å². The Morgan fingerprint density at radius 3 is 1.92 bits per heavy atom. The smallest absolute Gasteiger partial charge is 0.234 e. The van der Waals surface area contributed by atoms with Gasteiger partial charge in [0.1, 0.15) is 0 Å². The Kier molecular flexibility index (Phi) is 18.7. The zero-order valence-electron chi connectivity index (χ0n) is 16.1. The van der Waals surface area contributed by atoms with Crippen molar-refractivity contribution in [1.29, 1.82) is 0 Å². The monoisotopic (exact) mass is 356 g/mol. The van der Waals surface area contributed by atoms with Crippen molar-refractivity contribution >= 4 is 5.91 Å². The number of hydrazine groups is 1. The summed E-state index contributed by atoms with van der Waals surface area (Å²) in [7, 11) is 0. The van der Waals surface area contributed by atoms with E-state index in [4.69, 9.17) is 10.2 Å². The maximum absolute atomic E-state index is 11.4. The third-order valence-electron chi connectivity index (χ3n) is 4.18. The number of carbonyl (C=O) groups is 1. The van der Waals surface area contributed by atoms with Gasteiger partial charge in [0.15, 0.2) is 6.29 Å². The second-order valence-electron chi connectivity index (χ2n) is 6.74. The van der Waals surface area contributed by atoms with Gasteiger partial charge in [0.05, 0.1) is 6.54 Å². The minimum absolute atomic E-state index is 0.0574. The Morgan fingerprint density at radius 1 is 0.840 bits per heavy atom. The first-order valence-electron chi connectivity index (χ1n) is 10.2. The van der Waals surface area contributed by atoms with Crippen molar-refractivity contribution in [1.82, 2.24) is 10.9 Å². The van der Waals surface area contributed by atoms with E-state index >= 15 is 0 Å². The van der Waals surface area contributed by atoms with E-state index in [0.717, 1.165) is 12.8 Å². The van der Waals surface area contributed by atoms with E-state index in [1.807, 2.05) is 0 Å². The van der Waals surface area contributed by atoms with Crippen molar-refractivity contribution in [2.24, 2.45) is 0 Å². The lowest BCUT2D eigenvalue weighted by atomic mass is 10.1. The molecule has 0 saturated heterocycles. The first-order valence-corrected chi connectivity index (χ1v) is 10.2. The molecule has 0 aliphatic heterocycles. The predicted molar refractivity (Wildman–Crippen MR) is 104 cm³/mol. The summed E-state index contributed by atoms with van der Waals surface area (Å²) >= 11 is 0. The molecule has 0 radical (unpaired) electrons. The van der Waals surface area contributed by atoms with Crippen molar-refractivity contribution in [2.45, 2.75) is 103 Å². The van der Waals surface area contributed by atoms with Crippen LogP contribution in [-0.2, 0) is 4.79 Å². The van der Waals surface area contributed by atoms with Gasteiger partial charge in [-0.15, -0.1) is 0 Å². The molecule has 5 nitrogen and oxygen atoms in total. The van der Waals surface area contributed by atoms with E-state index in [2.05, 4.69) is 29.9 Å². The lowest BCUT2D eigenvalue weighted by Crippen LogP contribution is -2.41. The van der Waals surface area contributed by atoms with Crippen molar-refractivity contribution in [3.05, 3.63) is 12.2 Å². The summed E-state index contributed by atoms with van der Waals surface area (Å²) in [6.45, 7) is 2.20. The fourth-order valence-electron chi connectivity index (χ4n) is 2.66. The van der Waals surface area contributed by atoms with Gasteiger partial charge in [-0.2, -0.15) is 0 Å². The molecule has 0 aliphatic rings. The van der Waals surface area contributed by atoms with E-state index in [9.17, 15) is 4.79 Å². The molecule has 0 spiro atoms.